The van der Waals surface area contributed by atoms with Gasteiger partial charge in [0, 0.05) is 54.2 Å². The van der Waals surface area contributed by atoms with Crippen molar-refractivity contribution in [2.45, 2.75) is 132 Å². The van der Waals surface area contributed by atoms with Crippen LogP contribution >= 0.6 is 39.8 Å². The van der Waals surface area contributed by atoms with Gasteiger partial charge in [0.1, 0.15) is 34.2 Å². The van der Waals surface area contributed by atoms with Crippen molar-refractivity contribution in [1.29, 1.82) is 0 Å². The van der Waals surface area contributed by atoms with Gasteiger partial charge in [-0.1, -0.05) is 131 Å². The Balaban J connectivity index is 1.44. The Bertz CT molecular complexity index is 2870. The van der Waals surface area contributed by atoms with E-state index in [-0.39, 0.29) is 21.7 Å². The van der Waals surface area contributed by atoms with Crippen LogP contribution in [-0.2, 0) is 21.7 Å². The van der Waals surface area contributed by atoms with E-state index in [0.717, 1.165) is 83.3 Å². The van der Waals surface area contributed by atoms with Gasteiger partial charge in [0.25, 0.3) is 8.38 Å². The summed E-state index contributed by atoms with van der Waals surface area (Å²) in [6.45, 7) is 35.6. The molecule has 0 unspecified atom stereocenters. The van der Waals surface area contributed by atoms with Gasteiger partial charge in [-0.2, -0.15) is 0 Å². The highest BCUT2D eigenvalue weighted by atomic mass is 35.5. The van der Waals surface area contributed by atoms with E-state index in [2.05, 4.69) is 159 Å². The third-order valence-electron chi connectivity index (χ3n) is 11.8. The maximum Gasteiger partial charge on any atom is 0.453 e. The molecule has 0 saturated heterocycles. The number of ether oxygens (including phenoxy) is 1. The molecule has 360 valence electrons. The van der Waals surface area contributed by atoms with Gasteiger partial charge in [-0.15, -0.1) is 0 Å². The molecule has 0 amide bonds. The quantitative estimate of drug-likeness (QED) is 0.120. The Morgan fingerprint density at radius 2 is 0.824 bits per heavy atom. The predicted molar refractivity (Wildman–Crippen MR) is 289 cm³/mol. The van der Waals surface area contributed by atoms with Gasteiger partial charge in [0.05, 0.1) is 12.8 Å². The first kappa shape index (κ1) is 51.3. The number of hydrogen-bond donors (Lipinski definition) is 0. The molecule has 0 aliphatic carbocycles. The van der Waals surface area contributed by atoms with Crippen LogP contribution in [0.1, 0.15) is 128 Å². The Hall–Kier alpha value is -4.57. The fourth-order valence-electron chi connectivity index (χ4n) is 8.41. The smallest absolute Gasteiger partial charge is 0.453 e. The SMILES string of the molecule is Cc1cc(-c2cc(C)cc(C(C)(C)C)c2Op2oc3c(C(C)(C)C)cc(C)cc3c3cc(C)cc(C(C)(C)C)c3o2)c(OCCP(Oc2ccc(Cl)cc2)Oc2ccc(Cl)cc2)c(C(C)(C)C)c1. The van der Waals surface area contributed by atoms with Crippen LogP contribution in [0.3, 0.4) is 0 Å². The number of rotatable bonds is 11. The van der Waals surface area contributed by atoms with Gasteiger partial charge in [-0.05, 0) is 144 Å². The van der Waals surface area contributed by atoms with Crippen molar-refractivity contribution in [3.05, 3.63) is 152 Å². The molecule has 1 aromatic heterocycles. The minimum atomic E-state index is -2.08. The van der Waals surface area contributed by atoms with E-state index >= 15 is 0 Å². The monoisotopic (exact) mass is 992 g/mol. The van der Waals surface area contributed by atoms with Gasteiger partial charge >= 0.3 is 8.24 Å². The largest absolute Gasteiger partial charge is 0.492 e. The summed E-state index contributed by atoms with van der Waals surface area (Å²) in [4.78, 5) is 0. The highest BCUT2D eigenvalue weighted by Gasteiger charge is 2.31. The summed E-state index contributed by atoms with van der Waals surface area (Å²) < 4.78 is 42.0. The van der Waals surface area contributed by atoms with Gasteiger partial charge in [0.2, 0.25) is 0 Å². The molecule has 0 N–H and O–H groups in total. The average Bonchev–Trinajstić information content (AvgIpc) is 3.37. The first-order chi connectivity index (χ1) is 31.6. The summed E-state index contributed by atoms with van der Waals surface area (Å²) in [6.07, 6.45) is 0.457. The molecular formula is C58H68Cl2O6P2. The van der Waals surface area contributed by atoms with Gasteiger partial charge in [0.15, 0.2) is 0 Å². The maximum absolute atomic E-state index is 7.46. The van der Waals surface area contributed by atoms with Crippen molar-refractivity contribution in [2.24, 2.45) is 0 Å². The predicted octanol–water partition coefficient (Wildman–Crippen LogP) is 19.4. The lowest BCUT2D eigenvalue weighted by Gasteiger charge is -2.29. The Kier molecular flexibility index (Phi) is 14.8. The molecule has 6 aromatic carbocycles. The van der Waals surface area contributed by atoms with E-state index in [1.807, 2.05) is 48.5 Å². The molecule has 0 aliphatic heterocycles. The van der Waals surface area contributed by atoms with E-state index in [1.54, 1.807) is 0 Å². The minimum absolute atomic E-state index is 0.235. The summed E-state index contributed by atoms with van der Waals surface area (Å²) in [5.41, 5.74) is 11.1. The molecule has 0 aliphatic rings. The lowest BCUT2D eigenvalue weighted by atomic mass is 9.80. The van der Waals surface area contributed by atoms with Crippen molar-refractivity contribution >= 4 is 61.8 Å². The summed E-state index contributed by atoms with van der Waals surface area (Å²) >= 11 is 12.5. The topological polar surface area (TPSA) is 63.2 Å². The zero-order valence-corrected chi connectivity index (χ0v) is 46.1. The van der Waals surface area contributed by atoms with E-state index in [4.69, 9.17) is 49.9 Å². The minimum Gasteiger partial charge on any atom is -0.492 e. The van der Waals surface area contributed by atoms with Crippen LogP contribution in [0, 0.1) is 27.7 Å². The zero-order valence-electron chi connectivity index (χ0n) is 42.8. The fourth-order valence-corrected chi connectivity index (χ4v) is 11.0. The van der Waals surface area contributed by atoms with Crippen LogP contribution in [-0.4, -0.2) is 12.8 Å². The van der Waals surface area contributed by atoms with Crippen LogP contribution in [0.2, 0.25) is 10.0 Å². The van der Waals surface area contributed by atoms with E-state index in [1.165, 1.54) is 0 Å². The second-order valence-electron chi connectivity index (χ2n) is 22.2. The lowest BCUT2D eigenvalue weighted by molar-refractivity contribution is 0.327. The van der Waals surface area contributed by atoms with Gasteiger partial charge in [-0.3, -0.25) is 0 Å². The van der Waals surface area contributed by atoms with Crippen LogP contribution in [0.25, 0.3) is 33.1 Å². The van der Waals surface area contributed by atoms with Crippen LogP contribution in [0.4, 0.5) is 0 Å². The molecule has 68 heavy (non-hydrogen) atoms. The molecular weight excluding hydrogens is 925 g/mol. The first-order valence-corrected chi connectivity index (χ1v) is 26.6. The molecule has 0 spiro atoms. The highest BCUT2D eigenvalue weighted by Crippen LogP contribution is 2.52. The molecule has 7 rings (SSSR count). The van der Waals surface area contributed by atoms with Crippen molar-refractivity contribution in [2.75, 3.05) is 12.8 Å². The summed E-state index contributed by atoms with van der Waals surface area (Å²) in [6, 6.07) is 32.5. The van der Waals surface area contributed by atoms with Gasteiger partial charge < -0.3 is 26.7 Å². The number of benzene rings is 6. The van der Waals surface area contributed by atoms with Crippen molar-refractivity contribution in [3.8, 4) is 34.1 Å². The molecule has 0 radical (unpaired) electrons. The average molecular weight is 994 g/mol. The second-order valence-corrected chi connectivity index (χ2v) is 25.6. The maximum atomic E-state index is 7.46. The summed E-state index contributed by atoms with van der Waals surface area (Å²) in [5, 5.41) is 3.28. The number of aryl methyl sites for hydroxylation is 4. The van der Waals surface area contributed by atoms with E-state index in [0.29, 0.717) is 40.1 Å². The zero-order chi connectivity index (χ0) is 49.7. The Morgan fingerprint density at radius 1 is 0.471 bits per heavy atom. The van der Waals surface area contributed by atoms with Crippen LogP contribution in [0.5, 0.6) is 23.0 Å². The molecule has 1 heterocycles. The van der Waals surface area contributed by atoms with Crippen molar-refractivity contribution < 1.29 is 26.7 Å². The van der Waals surface area contributed by atoms with Crippen molar-refractivity contribution in [3.63, 3.8) is 0 Å². The standard InChI is InChI=1S/C58H68Cl2O6P2/c1-35-27-43(51(47(31-35)55(5,6)7)61-25-26-67(62-41-21-17-39(59)18-22-41)63-42-23-19-40(60)20-24-42)44-28-36(2)32-48(56(8,9)10)52(44)64-68-65-53-45(29-37(3)33-49(53)57(11,12)13)46-30-38(4)34-50(54(46)66-68)58(14,15)16/h17-24,27-34H,25-26H2,1-16H3. The van der Waals surface area contributed by atoms with Crippen molar-refractivity contribution in [1.82, 2.24) is 0 Å². The molecule has 0 bridgehead atoms. The summed E-state index contributed by atoms with van der Waals surface area (Å²) in [7, 11) is -3.60. The molecule has 10 heteroatoms. The van der Waals surface area contributed by atoms with Crippen LogP contribution < -0.4 is 18.3 Å². The third kappa shape index (κ3) is 11.9. The normalized spacial score (nSPS) is 12.5. The van der Waals surface area contributed by atoms with E-state index in [9.17, 15) is 0 Å². The highest BCUT2D eigenvalue weighted by molar-refractivity contribution is 7.48. The molecule has 0 atom stereocenters. The number of hydrogen-bond acceptors (Lipinski definition) is 6. The first-order valence-electron chi connectivity index (χ1n) is 23.4. The molecule has 6 nitrogen and oxygen atoms in total. The second kappa shape index (κ2) is 19.7. The molecule has 0 saturated carbocycles. The third-order valence-corrected chi connectivity index (χ3v) is 14.7. The summed E-state index contributed by atoms with van der Waals surface area (Å²) in [5.74, 6) is 2.78. The van der Waals surface area contributed by atoms with Gasteiger partial charge in [-0.25, -0.2) is 0 Å². The Morgan fingerprint density at radius 3 is 1.22 bits per heavy atom. The lowest BCUT2D eigenvalue weighted by Crippen LogP contribution is -2.17. The number of halogens is 2. The fraction of sp³-hybridized carbons (Fsp3) is 0.379. The van der Waals surface area contributed by atoms with E-state index < -0.39 is 16.6 Å². The number of fused-ring (bicyclic) bond motifs is 3. The molecule has 0 fully saturated rings. The van der Waals surface area contributed by atoms with Crippen LogP contribution in [0.15, 0.2) is 105 Å². The molecule has 7 aromatic rings. The Labute approximate surface area is 417 Å².